The molecule has 0 aliphatic carbocycles. The summed E-state index contributed by atoms with van der Waals surface area (Å²) >= 11 is 0. The fourth-order valence-corrected chi connectivity index (χ4v) is 3.05. The predicted molar refractivity (Wildman–Crippen MR) is 96.9 cm³/mol. The van der Waals surface area contributed by atoms with Gasteiger partial charge in [-0.25, -0.2) is 9.48 Å². The van der Waals surface area contributed by atoms with Crippen LogP contribution >= 0.6 is 0 Å². The van der Waals surface area contributed by atoms with E-state index in [4.69, 9.17) is 18.9 Å². The fourth-order valence-electron chi connectivity index (χ4n) is 3.05. The lowest BCUT2D eigenvalue weighted by Gasteiger charge is -2.30. The van der Waals surface area contributed by atoms with E-state index < -0.39 is 12.0 Å². The van der Waals surface area contributed by atoms with Crippen LogP contribution in [-0.4, -0.2) is 55.3 Å². The average Bonchev–Trinajstić information content (AvgIpc) is 3.15. The Labute approximate surface area is 156 Å². The Kier molecular flexibility index (Phi) is 5.60. The number of esters is 1. The van der Waals surface area contributed by atoms with E-state index in [1.165, 1.54) is 6.33 Å². The fraction of sp³-hybridized carbons (Fsp3) is 0.389. The van der Waals surface area contributed by atoms with E-state index in [0.29, 0.717) is 28.7 Å². The van der Waals surface area contributed by atoms with Crippen LogP contribution < -0.4 is 14.8 Å². The van der Waals surface area contributed by atoms with Gasteiger partial charge in [-0.3, -0.25) is 0 Å². The number of carbonyl (C=O) groups is 1. The zero-order valence-corrected chi connectivity index (χ0v) is 15.7. The molecule has 1 aliphatic heterocycles. The summed E-state index contributed by atoms with van der Waals surface area (Å²) in [6.45, 7) is 2.20. The van der Waals surface area contributed by atoms with Gasteiger partial charge in [0.15, 0.2) is 0 Å². The number of aromatic nitrogens is 3. The molecule has 0 saturated carbocycles. The van der Waals surface area contributed by atoms with Gasteiger partial charge in [-0.2, -0.15) is 10.1 Å². The molecule has 9 nitrogen and oxygen atoms in total. The summed E-state index contributed by atoms with van der Waals surface area (Å²) in [5.74, 6) is 1.24. The number of fused-ring (bicyclic) bond motifs is 1. The number of nitrogens with one attached hydrogen (secondary N) is 1. The van der Waals surface area contributed by atoms with Crippen LogP contribution in [0.3, 0.4) is 0 Å². The van der Waals surface area contributed by atoms with Crippen LogP contribution in [0.1, 0.15) is 18.5 Å². The zero-order chi connectivity index (χ0) is 19.4. The van der Waals surface area contributed by atoms with E-state index in [9.17, 15) is 4.79 Å². The molecule has 1 aliphatic rings. The summed E-state index contributed by atoms with van der Waals surface area (Å²) in [7, 11) is 4.69. The van der Waals surface area contributed by atoms with Crippen molar-refractivity contribution < 1.29 is 23.7 Å². The van der Waals surface area contributed by atoms with Crippen LogP contribution in [0.15, 0.2) is 35.8 Å². The van der Waals surface area contributed by atoms with Gasteiger partial charge in [0.2, 0.25) is 5.95 Å². The number of nitrogens with zero attached hydrogens (tertiary/aromatic N) is 3. The third-order valence-electron chi connectivity index (χ3n) is 4.20. The van der Waals surface area contributed by atoms with Crippen LogP contribution in [-0.2, 0) is 14.3 Å². The lowest BCUT2D eigenvalue weighted by atomic mass is 9.94. The second kappa shape index (κ2) is 8.09. The molecule has 144 valence electrons. The number of methoxy groups -OCH3 is 3. The van der Waals surface area contributed by atoms with Crippen molar-refractivity contribution in [3.63, 3.8) is 0 Å². The standard InChI is InChI=1S/C18H22N4O5/c1-5-27-17(23)15-13(9-24-2)21-18-19-10-20-22(18)16(15)12-7-6-11(25-3)8-14(12)26-4/h6-8,10,16H,5,9H2,1-4H3,(H,19,20,21). The number of rotatable bonds is 7. The van der Waals surface area contributed by atoms with Crippen molar-refractivity contribution in [1.82, 2.24) is 14.8 Å². The Hall–Kier alpha value is -3.07. The minimum Gasteiger partial charge on any atom is -0.497 e. The van der Waals surface area contributed by atoms with E-state index >= 15 is 0 Å². The number of anilines is 1. The molecule has 27 heavy (non-hydrogen) atoms. The van der Waals surface area contributed by atoms with Crippen molar-refractivity contribution in [1.29, 1.82) is 0 Å². The second-order valence-corrected chi connectivity index (χ2v) is 5.71. The quantitative estimate of drug-likeness (QED) is 0.733. The van der Waals surface area contributed by atoms with Crippen molar-refractivity contribution in [3.8, 4) is 11.5 Å². The maximum atomic E-state index is 12.8. The van der Waals surface area contributed by atoms with Crippen LogP contribution in [0.25, 0.3) is 0 Å². The summed E-state index contributed by atoms with van der Waals surface area (Å²) in [5.41, 5.74) is 1.68. The Morgan fingerprint density at radius 3 is 2.74 bits per heavy atom. The van der Waals surface area contributed by atoms with Gasteiger partial charge in [0.25, 0.3) is 0 Å². The highest BCUT2D eigenvalue weighted by Gasteiger charge is 2.37. The molecule has 0 saturated heterocycles. The maximum Gasteiger partial charge on any atom is 0.338 e. The summed E-state index contributed by atoms with van der Waals surface area (Å²) in [6, 6.07) is 4.80. The number of hydrogen-bond donors (Lipinski definition) is 1. The van der Waals surface area contributed by atoms with Gasteiger partial charge in [-0.05, 0) is 19.1 Å². The number of hydrogen-bond acceptors (Lipinski definition) is 8. The third kappa shape index (κ3) is 3.45. The number of ether oxygens (including phenoxy) is 4. The molecule has 1 aromatic carbocycles. The first-order valence-electron chi connectivity index (χ1n) is 8.42. The van der Waals surface area contributed by atoms with Gasteiger partial charge in [0, 0.05) is 18.7 Å². The molecule has 9 heteroatoms. The monoisotopic (exact) mass is 374 g/mol. The zero-order valence-electron chi connectivity index (χ0n) is 15.7. The Balaban J connectivity index is 2.21. The Morgan fingerprint density at radius 1 is 1.26 bits per heavy atom. The summed E-state index contributed by atoms with van der Waals surface area (Å²) in [4.78, 5) is 17.0. The van der Waals surface area contributed by atoms with Gasteiger partial charge >= 0.3 is 5.97 Å². The molecule has 2 heterocycles. The van der Waals surface area contributed by atoms with Gasteiger partial charge in [-0.1, -0.05) is 0 Å². The van der Waals surface area contributed by atoms with Crippen molar-refractivity contribution in [2.45, 2.75) is 13.0 Å². The van der Waals surface area contributed by atoms with Crippen molar-refractivity contribution >= 4 is 11.9 Å². The normalized spacial score (nSPS) is 15.8. The van der Waals surface area contributed by atoms with E-state index in [0.717, 1.165) is 5.56 Å². The largest absolute Gasteiger partial charge is 0.497 e. The maximum absolute atomic E-state index is 12.8. The van der Waals surface area contributed by atoms with Crippen LogP contribution in [0.5, 0.6) is 11.5 Å². The minimum atomic E-state index is -0.589. The SMILES string of the molecule is CCOC(=O)C1=C(COC)Nc2ncnn2C1c1ccc(OC)cc1OC. The summed E-state index contributed by atoms with van der Waals surface area (Å²) in [5, 5.41) is 7.40. The van der Waals surface area contributed by atoms with Crippen LogP contribution in [0.4, 0.5) is 5.95 Å². The van der Waals surface area contributed by atoms with E-state index in [2.05, 4.69) is 15.4 Å². The van der Waals surface area contributed by atoms with Gasteiger partial charge in [0.1, 0.15) is 23.9 Å². The minimum absolute atomic E-state index is 0.190. The molecule has 0 radical (unpaired) electrons. The predicted octanol–water partition coefficient (Wildman–Crippen LogP) is 1.77. The summed E-state index contributed by atoms with van der Waals surface area (Å²) in [6.07, 6.45) is 1.42. The van der Waals surface area contributed by atoms with Crippen molar-refractivity contribution in [2.75, 3.05) is 39.9 Å². The molecule has 0 fully saturated rings. The van der Waals surface area contributed by atoms with Crippen LogP contribution in [0.2, 0.25) is 0 Å². The topological polar surface area (TPSA) is 96.7 Å². The Morgan fingerprint density at radius 2 is 2.07 bits per heavy atom. The molecule has 1 aromatic heterocycles. The highest BCUT2D eigenvalue weighted by atomic mass is 16.5. The first-order chi connectivity index (χ1) is 13.1. The van der Waals surface area contributed by atoms with Crippen molar-refractivity contribution in [2.24, 2.45) is 0 Å². The lowest BCUT2D eigenvalue weighted by molar-refractivity contribution is -0.139. The molecule has 3 rings (SSSR count). The molecule has 1 N–H and O–H groups in total. The first-order valence-corrected chi connectivity index (χ1v) is 8.42. The lowest BCUT2D eigenvalue weighted by Crippen LogP contribution is -2.32. The molecular formula is C18H22N4O5. The van der Waals surface area contributed by atoms with E-state index in [-0.39, 0.29) is 13.2 Å². The van der Waals surface area contributed by atoms with E-state index in [1.807, 2.05) is 6.07 Å². The molecule has 0 spiro atoms. The van der Waals surface area contributed by atoms with E-state index in [1.54, 1.807) is 45.1 Å². The molecule has 0 amide bonds. The molecule has 0 bridgehead atoms. The summed E-state index contributed by atoms with van der Waals surface area (Å²) < 4.78 is 23.0. The average molecular weight is 374 g/mol. The van der Waals surface area contributed by atoms with Crippen LogP contribution in [0, 0.1) is 0 Å². The number of benzene rings is 1. The molecule has 1 atom stereocenters. The number of carbonyl (C=O) groups excluding carboxylic acids is 1. The molecule has 1 unspecified atom stereocenters. The van der Waals surface area contributed by atoms with Gasteiger partial charge < -0.3 is 24.3 Å². The smallest absolute Gasteiger partial charge is 0.338 e. The van der Waals surface area contributed by atoms with Gasteiger partial charge in [-0.15, -0.1) is 0 Å². The highest BCUT2D eigenvalue weighted by Crippen LogP contribution is 2.40. The third-order valence-corrected chi connectivity index (χ3v) is 4.20. The van der Waals surface area contributed by atoms with Gasteiger partial charge in [0.05, 0.1) is 38.7 Å². The molecule has 2 aromatic rings. The highest BCUT2D eigenvalue weighted by molar-refractivity contribution is 5.92. The van der Waals surface area contributed by atoms with Crippen molar-refractivity contribution in [3.05, 3.63) is 41.4 Å². The molecular weight excluding hydrogens is 352 g/mol. The second-order valence-electron chi connectivity index (χ2n) is 5.71. The first kappa shape index (κ1) is 18.7. The Bertz CT molecular complexity index is 861.